The van der Waals surface area contributed by atoms with Crippen molar-refractivity contribution < 1.29 is 23.9 Å². The number of nitrogens with one attached hydrogen (secondary N) is 2. The van der Waals surface area contributed by atoms with E-state index >= 15 is 0 Å². The number of nitrogens with zero attached hydrogens (tertiary/aromatic N) is 5. The molecule has 242 valence electrons. The van der Waals surface area contributed by atoms with Crippen LogP contribution in [0.15, 0.2) is 72.0 Å². The van der Waals surface area contributed by atoms with Gasteiger partial charge < -0.3 is 19.4 Å². The first-order valence-electron chi connectivity index (χ1n) is 15.5. The Morgan fingerprint density at radius 2 is 1.83 bits per heavy atom. The molecule has 0 atom stereocenters. The predicted molar refractivity (Wildman–Crippen MR) is 178 cm³/mol. The van der Waals surface area contributed by atoms with Crippen LogP contribution in [-0.2, 0) is 27.9 Å². The van der Waals surface area contributed by atoms with Gasteiger partial charge in [0.15, 0.2) is 0 Å². The lowest BCUT2D eigenvalue weighted by molar-refractivity contribution is -0.142. The number of carbonyl (C=O) groups is 3. The Balaban J connectivity index is 1.36. The number of fused-ring (bicyclic) bond motifs is 1. The van der Waals surface area contributed by atoms with E-state index in [0.717, 1.165) is 48.3 Å². The number of carbonyl (C=O) groups excluding carboxylic acids is 3. The number of ether oxygens (including phenoxy) is 2. The van der Waals surface area contributed by atoms with Crippen molar-refractivity contribution in [2.45, 2.75) is 52.5 Å². The normalized spacial score (nSPS) is 11.0. The third kappa shape index (κ3) is 9.62. The standard InChI is InChI=1S/C34H41N7O5/c1-4-6-7-10-21-46-34(44)39-37-23-25-12-15-27(16-13-25)36-24-31-38-28-22-26(14-17-29(28)40(31)3)33(43)41(20-18-32(42)45-5-2)30-11-8-9-19-35-30/h8-9,11-17,19,22-23,36H,4-7,10,18,20-21,24H2,1-3H3,(H,39,44)/b37-23-. The fourth-order valence-corrected chi connectivity index (χ4v) is 4.72. The van der Waals surface area contributed by atoms with Crippen LogP contribution in [0.2, 0.25) is 0 Å². The van der Waals surface area contributed by atoms with Crippen molar-refractivity contribution in [3.8, 4) is 0 Å². The van der Waals surface area contributed by atoms with Crippen molar-refractivity contribution in [2.75, 3.05) is 30.0 Å². The Bertz CT molecular complexity index is 1620. The summed E-state index contributed by atoms with van der Waals surface area (Å²) in [5.41, 5.74) is 6.07. The summed E-state index contributed by atoms with van der Waals surface area (Å²) in [5.74, 6) is 0.575. The van der Waals surface area contributed by atoms with Gasteiger partial charge in [0.2, 0.25) is 0 Å². The number of rotatable bonds is 16. The van der Waals surface area contributed by atoms with Crippen molar-refractivity contribution >= 4 is 46.7 Å². The fraction of sp³-hybridized carbons (Fsp3) is 0.353. The minimum Gasteiger partial charge on any atom is -0.466 e. The minimum atomic E-state index is -0.565. The largest absolute Gasteiger partial charge is 0.466 e. The summed E-state index contributed by atoms with van der Waals surface area (Å²) in [6.45, 7) is 5.13. The van der Waals surface area contributed by atoms with Crippen LogP contribution in [0.4, 0.5) is 16.3 Å². The maximum atomic E-state index is 13.6. The predicted octanol–water partition coefficient (Wildman–Crippen LogP) is 5.82. The Morgan fingerprint density at radius 1 is 1.00 bits per heavy atom. The molecule has 0 aliphatic heterocycles. The van der Waals surface area contributed by atoms with Gasteiger partial charge in [0.1, 0.15) is 11.6 Å². The number of hydrogen-bond acceptors (Lipinski definition) is 9. The summed E-state index contributed by atoms with van der Waals surface area (Å²) >= 11 is 0. The fourth-order valence-electron chi connectivity index (χ4n) is 4.72. The van der Waals surface area contributed by atoms with Crippen LogP contribution in [0.1, 0.15) is 67.7 Å². The molecule has 12 nitrogen and oxygen atoms in total. The van der Waals surface area contributed by atoms with Gasteiger partial charge in [-0.1, -0.05) is 44.4 Å². The van der Waals surface area contributed by atoms with Gasteiger partial charge in [-0.2, -0.15) is 5.10 Å². The second kappa shape index (κ2) is 17.3. The number of benzene rings is 2. The van der Waals surface area contributed by atoms with E-state index in [2.05, 4.69) is 27.8 Å². The van der Waals surface area contributed by atoms with Gasteiger partial charge >= 0.3 is 12.1 Å². The molecule has 0 fully saturated rings. The van der Waals surface area contributed by atoms with Crippen molar-refractivity contribution in [2.24, 2.45) is 12.1 Å². The lowest BCUT2D eigenvalue weighted by atomic mass is 10.1. The first-order valence-corrected chi connectivity index (χ1v) is 15.5. The van der Waals surface area contributed by atoms with E-state index in [4.69, 9.17) is 14.5 Å². The Labute approximate surface area is 268 Å². The van der Waals surface area contributed by atoms with E-state index in [1.807, 2.05) is 41.9 Å². The van der Waals surface area contributed by atoms with Gasteiger partial charge in [0.05, 0.1) is 43.4 Å². The molecule has 4 aromatic rings. The van der Waals surface area contributed by atoms with Gasteiger partial charge in [-0.25, -0.2) is 20.2 Å². The van der Waals surface area contributed by atoms with Crippen LogP contribution in [-0.4, -0.2) is 58.5 Å². The Hall–Kier alpha value is -5.26. The quantitative estimate of drug-likeness (QED) is 0.0686. The number of amides is 2. The van der Waals surface area contributed by atoms with Gasteiger partial charge in [0.25, 0.3) is 5.91 Å². The molecule has 0 unspecified atom stereocenters. The van der Waals surface area contributed by atoms with Crippen molar-refractivity contribution in [1.29, 1.82) is 0 Å². The lowest BCUT2D eigenvalue weighted by Gasteiger charge is -2.21. The molecule has 0 saturated carbocycles. The number of anilines is 2. The van der Waals surface area contributed by atoms with E-state index < -0.39 is 6.09 Å². The third-order valence-corrected chi connectivity index (χ3v) is 7.20. The summed E-state index contributed by atoms with van der Waals surface area (Å²) < 4.78 is 12.1. The summed E-state index contributed by atoms with van der Waals surface area (Å²) in [4.78, 5) is 48.0. The van der Waals surface area contributed by atoms with E-state index in [1.54, 1.807) is 49.7 Å². The highest BCUT2D eigenvalue weighted by atomic mass is 16.6. The SMILES string of the molecule is CCCCCCOC(=O)N/N=C\c1ccc(NCc2nc3cc(C(=O)N(CCC(=O)OCC)c4ccccn4)ccc3n2C)cc1. The summed E-state index contributed by atoms with van der Waals surface area (Å²) in [7, 11) is 1.93. The number of imidazole rings is 1. The second-order valence-electron chi connectivity index (χ2n) is 10.5. The molecule has 2 heterocycles. The number of unbranched alkanes of at least 4 members (excludes halogenated alkanes) is 3. The average molecular weight is 628 g/mol. The first-order chi connectivity index (χ1) is 22.4. The molecule has 46 heavy (non-hydrogen) atoms. The van der Waals surface area contributed by atoms with Crippen LogP contribution in [0.5, 0.6) is 0 Å². The van der Waals surface area contributed by atoms with Crippen LogP contribution in [0, 0.1) is 0 Å². The zero-order valence-corrected chi connectivity index (χ0v) is 26.6. The molecule has 2 aromatic carbocycles. The number of hydrogen-bond donors (Lipinski definition) is 2. The number of esters is 1. The maximum Gasteiger partial charge on any atom is 0.427 e. The van der Waals surface area contributed by atoms with Gasteiger partial charge in [-0.3, -0.25) is 14.5 Å². The van der Waals surface area contributed by atoms with E-state index in [0.29, 0.717) is 30.0 Å². The highest BCUT2D eigenvalue weighted by Crippen LogP contribution is 2.21. The van der Waals surface area contributed by atoms with Crippen molar-refractivity contribution in [3.05, 3.63) is 83.8 Å². The molecule has 0 spiro atoms. The highest BCUT2D eigenvalue weighted by molar-refractivity contribution is 6.07. The number of aryl methyl sites for hydroxylation is 1. The third-order valence-electron chi connectivity index (χ3n) is 7.20. The Morgan fingerprint density at radius 3 is 2.57 bits per heavy atom. The topological polar surface area (TPSA) is 140 Å². The maximum absolute atomic E-state index is 13.6. The number of pyridine rings is 1. The molecule has 0 aliphatic rings. The van der Waals surface area contributed by atoms with Gasteiger partial charge in [-0.05, 0) is 61.4 Å². The van der Waals surface area contributed by atoms with Gasteiger partial charge in [0, 0.05) is 31.0 Å². The molecular weight excluding hydrogens is 586 g/mol. The van der Waals surface area contributed by atoms with Crippen molar-refractivity contribution in [1.82, 2.24) is 20.0 Å². The summed E-state index contributed by atoms with van der Waals surface area (Å²) in [5, 5.41) is 7.33. The van der Waals surface area contributed by atoms with Crippen LogP contribution in [0.25, 0.3) is 11.0 Å². The van der Waals surface area contributed by atoms with E-state index in [1.165, 1.54) is 4.90 Å². The van der Waals surface area contributed by atoms with E-state index in [-0.39, 0.29) is 31.4 Å². The Kier molecular flexibility index (Phi) is 12.6. The lowest BCUT2D eigenvalue weighted by Crippen LogP contribution is -2.34. The molecule has 2 aromatic heterocycles. The van der Waals surface area contributed by atoms with Gasteiger partial charge in [-0.15, -0.1) is 0 Å². The highest BCUT2D eigenvalue weighted by Gasteiger charge is 2.21. The molecule has 0 radical (unpaired) electrons. The molecular formula is C34H41N7O5. The first kappa shape index (κ1) is 33.6. The molecule has 0 aliphatic carbocycles. The second-order valence-corrected chi connectivity index (χ2v) is 10.5. The minimum absolute atomic E-state index is 0.0519. The van der Waals surface area contributed by atoms with Crippen molar-refractivity contribution in [3.63, 3.8) is 0 Å². The summed E-state index contributed by atoms with van der Waals surface area (Å²) in [6, 6.07) is 18.3. The van der Waals surface area contributed by atoms with E-state index in [9.17, 15) is 14.4 Å². The summed E-state index contributed by atoms with van der Waals surface area (Å²) in [6.07, 6.45) is 6.79. The molecule has 12 heteroatoms. The number of hydrazone groups is 1. The molecule has 0 bridgehead atoms. The number of aromatic nitrogens is 3. The molecule has 4 rings (SSSR count). The smallest absolute Gasteiger partial charge is 0.427 e. The molecule has 2 N–H and O–H groups in total. The zero-order valence-electron chi connectivity index (χ0n) is 26.6. The molecule has 2 amide bonds. The molecule has 0 saturated heterocycles. The van der Waals surface area contributed by atoms with Crippen LogP contribution >= 0.6 is 0 Å². The van der Waals surface area contributed by atoms with Crippen LogP contribution in [0.3, 0.4) is 0 Å². The van der Waals surface area contributed by atoms with Crippen LogP contribution < -0.4 is 15.6 Å². The zero-order chi connectivity index (χ0) is 32.7. The monoisotopic (exact) mass is 627 g/mol. The average Bonchev–Trinajstić information content (AvgIpc) is 3.39.